The van der Waals surface area contributed by atoms with Gasteiger partial charge in [-0.2, -0.15) is 0 Å². The van der Waals surface area contributed by atoms with Gasteiger partial charge in [0.1, 0.15) is 0 Å². The molecule has 296 valence electrons. The van der Waals surface area contributed by atoms with Gasteiger partial charge in [-0.1, -0.05) is 111 Å². The molecule has 1 aromatic carbocycles. The molecule has 0 aliphatic heterocycles. The maximum Gasteiger partial charge on any atom is 0.336 e. The normalized spacial score (nSPS) is 18.7. The van der Waals surface area contributed by atoms with Gasteiger partial charge >= 0.3 is 17.6 Å². The highest BCUT2D eigenvalue weighted by Crippen LogP contribution is 2.42. The molecule has 1 aromatic heterocycles. The summed E-state index contributed by atoms with van der Waals surface area (Å²) in [6.45, 7) is 23.1. The number of carbonyl (C=O) groups is 2. The van der Waals surface area contributed by atoms with Crippen LogP contribution in [0.25, 0.3) is 11.0 Å². The monoisotopic (exact) mass is 756 g/mol. The zero-order valence-electron chi connectivity index (χ0n) is 35.4. The Bertz CT molecular complexity index is 2210. The van der Waals surface area contributed by atoms with Crippen LogP contribution in [0.2, 0.25) is 0 Å². The average Bonchev–Trinajstić information content (AvgIpc) is 3.08. The summed E-state index contributed by atoms with van der Waals surface area (Å²) in [5.74, 6) is -1.59. The van der Waals surface area contributed by atoms with Crippen LogP contribution in [0.15, 0.2) is 145 Å². The first-order valence-corrected chi connectivity index (χ1v) is 19.7. The molecule has 0 fully saturated rings. The first-order valence-electron chi connectivity index (χ1n) is 19.7. The number of ether oxygens (including phenoxy) is 2. The van der Waals surface area contributed by atoms with Crippen LogP contribution in [-0.4, -0.2) is 11.9 Å². The van der Waals surface area contributed by atoms with Gasteiger partial charge in [-0.3, -0.25) is 0 Å². The molecule has 0 spiro atoms. The SMILES string of the molecule is CC(C=CC1=C(C)CCCC1(C)C)=CC=CC(C)=CC(=O)Oc1ccc2c(C)cc(=O)oc2c1OC(=O)C=C(C)C=CC=C(C)C=CC1=C(C)CCCC1(C)C. The molecule has 0 radical (unpaired) electrons. The highest BCUT2D eigenvalue weighted by molar-refractivity contribution is 5.94. The molecule has 56 heavy (non-hydrogen) atoms. The zero-order chi connectivity index (χ0) is 41.2. The van der Waals surface area contributed by atoms with Crippen LogP contribution in [0.3, 0.4) is 0 Å². The molecule has 0 saturated heterocycles. The summed E-state index contributed by atoms with van der Waals surface area (Å²) in [4.78, 5) is 38.7. The van der Waals surface area contributed by atoms with E-state index >= 15 is 0 Å². The van der Waals surface area contributed by atoms with Crippen molar-refractivity contribution in [3.63, 3.8) is 0 Å². The van der Waals surface area contributed by atoms with Gasteiger partial charge in [-0.05, 0) is 138 Å². The molecule has 0 saturated carbocycles. The maximum absolute atomic E-state index is 13.2. The predicted octanol–water partition coefficient (Wildman–Crippen LogP) is 13.0. The van der Waals surface area contributed by atoms with Gasteiger partial charge in [0.15, 0.2) is 11.3 Å². The lowest BCUT2D eigenvalue weighted by atomic mass is 9.72. The topological polar surface area (TPSA) is 82.8 Å². The van der Waals surface area contributed by atoms with Crippen LogP contribution in [0.4, 0.5) is 0 Å². The molecule has 1 heterocycles. The van der Waals surface area contributed by atoms with E-state index in [2.05, 4.69) is 65.8 Å². The van der Waals surface area contributed by atoms with Crippen LogP contribution >= 0.6 is 0 Å². The summed E-state index contributed by atoms with van der Waals surface area (Å²) >= 11 is 0. The molecule has 0 atom stereocenters. The maximum atomic E-state index is 13.2. The molecule has 2 aromatic rings. The van der Waals surface area contributed by atoms with Gasteiger partial charge in [0.25, 0.3) is 0 Å². The lowest BCUT2D eigenvalue weighted by molar-refractivity contribution is -0.131. The number of esters is 2. The van der Waals surface area contributed by atoms with E-state index in [1.807, 2.05) is 50.3 Å². The number of benzene rings is 1. The van der Waals surface area contributed by atoms with Crippen LogP contribution in [0, 0.1) is 17.8 Å². The lowest BCUT2D eigenvalue weighted by Crippen LogP contribution is -2.19. The smallest absolute Gasteiger partial charge is 0.336 e. The molecule has 0 amide bonds. The summed E-state index contributed by atoms with van der Waals surface area (Å²) in [5.41, 5.74) is 9.55. The van der Waals surface area contributed by atoms with Crippen LogP contribution < -0.4 is 15.1 Å². The number of rotatable bonds is 12. The van der Waals surface area contributed by atoms with Gasteiger partial charge in [-0.15, -0.1) is 0 Å². The second kappa shape index (κ2) is 19.1. The number of hydrogen-bond acceptors (Lipinski definition) is 6. The Hall–Kier alpha value is -5.23. The minimum atomic E-state index is -0.715. The molecule has 4 rings (SSSR count). The zero-order valence-corrected chi connectivity index (χ0v) is 35.4. The van der Waals surface area contributed by atoms with Crippen LogP contribution in [0.5, 0.6) is 11.5 Å². The van der Waals surface area contributed by atoms with E-state index in [4.69, 9.17) is 13.9 Å². The number of fused-ring (bicyclic) bond motifs is 1. The number of hydrogen-bond donors (Lipinski definition) is 0. The largest absolute Gasteiger partial charge is 0.419 e. The van der Waals surface area contributed by atoms with E-state index in [0.29, 0.717) is 22.1 Å². The summed E-state index contributed by atoms with van der Waals surface area (Å²) < 4.78 is 16.9. The van der Waals surface area contributed by atoms with Crippen molar-refractivity contribution in [1.82, 2.24) is 0 Å². The minimum Gasteiger partial charge on any atom is -0.419 e. The molecule has 0 unspecified atom stereocenters. The molecule has 0 bridgehead atoms. The Morgan fingerprint density at radius 3 is 1.64 bits per heavy atom. The number of aryl methyl sites for hydroxylation is 1. The van der Waals surface area contributed by atoms with Crippen molar-refractivity contribution >= 4 is 22.9 Å². The predicted molar refractivity (Wildman–Crippen MR) is 231 cm³/mol. The fraction of sp³-hybridized carbons (Fsp3) is 0.380. The summed E-state index contributed by atoms with van der Waals surface area (Å²) in [6, 6.07) is 4.55. The van der Waals surface area contributed by atoms with E-state index in [-0.39, 0.29) is 27.9 Å². The van der Waals surface area contributed by atoms with Crippen molar-refractivity contribution in [2.45, 2.75) is 115 Å². The summed E-state index contributed by atoms with van der Waals surface area (Å²) in [5, 5.41) is 0.549. The Labute approximate surface area is 334 Å². The molecule has 6 nitrogen and oxygen atoms in total. The second-order valence-corrected chi connectivity index (χ2v) is 16.7. The van der Waals surface area contributed by atoms with Gasteiger partial charge in [0.2, 0.25) is 5.75 Å². The minimum absolute atomic E-state index is 0.0175. The van der Waals surface area contributed by atoms with Gasteiger partial charge in [-0.25, -0.2) is 14.4 Å². The van der Waals surface area contributed by atoms with Crippen molar-refractivity contribution in [2.24, 2.45) is 10.8 Å². The second-order valence-electron chi connectivity index (χ2n) is 16.7. The Kier molecular flexibility index (Phi) is 14.8. The Morgan fingerprint density at radius 1 is 0.679 bits per heavy atom. The van der Waals surface area contributed by atoms with Crippen molar-refractivity contribution in [3.05, 3.63) is 152 Å². The van der Waals surface area contributed by atoms with Gasteiger partial charge in [0.05, 0.1) is 0 Å². The standard InChI is InChI=1S/C50H60O6/c1-33(22-25-41-37(5)20-14-28-49(41,8)9)16-12-18-35(3)30-44(51)54-43-27-24-40-39(7)32-46(53)55-47(40)48(43)56-45(52)31-36(4)19-13-17-34(2)23-26-42-38(6)21-15-29-50(42,10)11/h12-13,16-19,22-27,30-32H,14-15,20-21,28-29H2,1-11H3. The van der Waals surface area contributed by atoms with Gasteiger partial charge < -0.3 is 13.9 Å². The van der Waals surface area contributed by atoms with Crippen molar-refractivity contribution < 1.29 is 23.5 Å². The van der Waals surface area contributed by atoms with Crippen LogP contribution in [0.1, 0.15) is 113 Å². The van der Waals surface area contributed by atoms with Gasteiger partial charge in [0, 0.05) is 23.6 Å². The van der Waals surface area contributed by atoms with E-state index < -0.39 is 17.6 Å². The summed E-state index contributed by atoms with van der Waals surface area (Å²) in [6.07, 6.45) is 29.9. The molecular weight excluding hydrogens is 697 g/mol. The average molecular weight is 757 g/mol. The van der Waals surface area contributed by atoms with E-state index in [9.17, 15) is 14.4 Å². The van der Waals surface area contributed by atoms with Crippen molar-refractivity contribution in [1.29, 1.82) is 0 Å². The molecule has 2 aliphatic carbocycles. The van der Waals surface area contributed by atoms with E-state index in [0.717, 1.165) is 24.0 Å². The van der Waals surface area contributed by atoms with Crippen molar-refractivity contribution in [2.75, 3.05) is 0 Å². The van der Waals surface area contributed by atoms with Crippen molar-refractivity contribution in [3.8, 4) is 11.5 Å². The molecule has 2 aliphatic rings. The quantitative estimate of drug-likeness (QED) is 0.0705. The highest BCUT2D eigenvalue weighted by atomic mass is 16.6. The number of allylic oxidation sites excluding steroid dienone is 18. The molecule has 0 N–H and O–H groups in total. The first-order chi connectivity index (χ1) is 26.4. The lowest BCUT2D eigenvalue weighted by Gasteiger charge is -2.33. The van der Waals surface area contributed by atoms with E-state index in [1.54, 1.807) is 26.8 Å². The third-order valence-electron chi connectivity index (χ3n) is 10.7. The summed E-state index contributed by atoms with van der Waals surface area (Å²) in [7, 11) is 0. The fourth-order valence-electron chi connectivity index (χ4n) is 7.52. The molecule has 6 heteroatoms. The fourth-order valence-corrected chi connectivity index (χ4v) is 7.52. The molecular formula is C50H60O6. The highest BCUT2D eigenvalue weighted by Gasteiger charge is 2.27. The first kappa shape index (κ1) is 43.5. The third-order valence-corrected chi connectivity index (χ3v) is 10.7. The van der Waals surface area contributed by atoms with Crippen LogP contribution in [-0.2, 0) is 9.59 Å². The number of carbonyl (C=O) groups excluding carboxylic acids is 2. The Morgan fingerprint density at radius 2 is 1.16 bits per heavy atom. The third kappa shape index (κ3) is 12.1. The van der Waals surface area contributed by atoms with E-state index in [1.165, 1.54) is 72.3 Å². The Balaban J connectivity index is 1.48.